The molecule has 0 aliphatic heterocycles. The van der Waals surface area contributed by atoms with E-state index in [4.69, 9.17) is 5.73 Å². The highest BCUT2D eigenvalue weighted by molar-refractivity contribution is 4.86. The molecule has 0 amide bonds. The fourth-order valence-electron chi connectivity index (χ4n) is 1.14. The van der Waals surface area contributed by atoms with E-state index in [0.29, 0.717) is 0 Å². The van der Waals surface area contributed by atoms with Gasteiger partial charge in [0.05, 0.1) is 6.67 Å². The van der Waals surface area contributed by atoms with Crippen LogP contribution in [0.1, 0.15) is 12.8 Å². The van der Waals surface area contributed by atoms with E-state index in [1.807, 2.05) is 0 Å². The normalized spacial score (nSPS) is 21.2. The van der Waals surface area contributed by atoms with Gasteiger partial charge in [0.15, 0.2) is 18.5 Å². The van der Waals surface area contributed by atoms with Gasteiger partial charge in [-0.05, 0) is 12.8 Å². The van der Waals surface area contributed by atoms with Gasteiger partial charge in [0.2, 0.25) is 0 Å². The third kappa shape index (κ3) is 4.59. The van der Waals surface area contributed by atoms with Gasteiger partial charge in [-0.3, -0.25) is 4.39 Å². The maximum Gasteiger partial charge on any atom is 0.168 e. The second-order valence-corrected chi connectivity index (χ2v) is 3.43. The minimum absolute atomic E-state index is 0.290. The fourth-order valence-corrected chi connectivity index (χ4v) is 1.14. The Balaban J connectivity index is 4.19. The Morgan fingerprint density at radius 2 is 1.31 bits per heavy atom. The van der Waals surface area contributed by atoms with Crippen molar-refractivity contribution in [1.29, 1.82) is 0 Å². The summed E-state index contributed by atoms with van der Waals surface area (Å²) in [5.41, 5.74) is 4.72. The van der Waals surface area contributed by atoms with Crippen molar-refractivity contribution in [3.05, 3.63) is 0 Å². The van der Waals surface area contributed by atoms with Crippen LogP contribution in [0.2, 0.25) is 0 Å². The molecule has 16 heavy (non-hydrogen) atoms. The summed E-state index contributed by atoms with van der Waals surface area (Å²) in [6.45, 7) is -1.69. The second-order valence-electron chi connectivity index (χ2n) is 3.43. The Morgan fingerprint density at radius 1 is 0.812 bits per heavy atom. The number of hydrogen-bond donors (Lipinski definition) is 1. The van der Waals surface area contributed by atoms with Gasteiger partial charge in [0.25, 0.3) is 0 Å². The quantitative estimate of drug-likeness (QED) is 0.658. The highest BCUT2D eigenvalue weighted by atomic mass is 19.2. The van der Waals surface area contributed by atoms with Gasteiger partial charge < -0.3 is 5.73 Å². The van der Waals surface area contributed by atoms with Crippen LogP contribution in [0, 0.1) is 0 Å². The van der Waals surface area contributed by atoms with Crippen molar-refractivity contribution in [2.75, 3.05) is 13.2 Å². The molecule has 0 aliphatic carbocycles. The standard InChI is InChI=1S/C9H15F6N/c10-3-1-2-5(11)7(13)9(15)8(14)6(12)4-16/h5-9H,1-4,16H2. The molecule has 0 saturated carbocycles. The third-order valence-electron chi connectivity index (χ3n) is 2.14. The molecule has 0 bridgehead atoms. The minimum Gasteiger partial charge on any atom is -0.328 e. The highest BCUT2D eigenvalue weighted by Crippen LogP contribution is 2.23. The summed E-state index contributed by atoms with van der Waals surface area (Å²) in [5.74, 6) is 0. The van der Waals surface area contributed by atoms with Crippen molar-refractivity contribution in [2.45, 2.75) is 43.7 Å². The molecule has 0 spiro atoms. The maximum atomic E-state index is 12.9. The van der Waals surface area contributed by atoms with Gasteiger partial charge in [0, 0.05) is 6.54 Å². The van der Waals surface area contributed by atoms with Crippen LogP contribution in [0.3, 0.4) is 0 Å². The molecule has 0 fully saturated rings. The zero-order valence-corrected chi connectivity index (χ0v) is 8.56. The molecule has 0 saturated heterocycles. The van der Waals surface area contributed by atoms with Crippen molar-refractivity contribution in [3.8, 4) is 0 Å². The van der Waals surface area contributed by atoms with Crippen LogP contribution in [-0.4, -0.2) is 44.1 Å². The van der Waals surface area contributed by atoms with Gasteiger partial charge in [-0.1, -0.05) is 0 Å². The maximum absolute atomic E-state index is 12.9. The summed E-state index contributed by atoms with van der Waals surface area (Å²) < 4.78 is 75.7. The first-order valence-electron chi connectivity index (χ1n) is 4.92. The number of halogens is 6. The zero-order chi connectivity index (χ0) is 12.7. The minimum atomic E-state index is -2.92. The topological polar surface area (TPSA) is 26.0 Å². The van der Waals surface area contributed by atoms with Crippen LogP contribution < -0.4 is 5.73 Å². The van der Waals surface area contributed by atoms with Gasteiger partial charge in [-0.15, -0.1) is 0 Å². The van der Waals surface area contributed by atoms with Gasteiger partial charge >= 0.3 is 0 Å². The molecule has 7 heteroatoms. The van der Waals surface area contributed by atoms with Crippen molar-refractivity contribution in [1.82, 2.24) is 0 Å². The predicted octanol–water partition coefficient (Wildman–Crippen LogP) is 2.39. The van der Waals surface area contributed by atoms with E-state index in [1.165, 1.54) is 0 Å². The first-order valence-corrected chi connectivity index (χ1v) is 4.92. The molecule has 5 unspecified atom stereocenters. The van der Waals surface area contributed by atoms with Crippen LogP contribution in [0.15, 0.2) is 0 Å². The Labute approximate surface area is 90.0 Å². The number of nitrogens with two attached hydrogens (primary N) is 1. The van der Waals surface area contributed by atoms with Gasteiger partial charge in [0.1, 0.15) is 12.3 Å². The van der Waals surface area contributed by atoms with Crippen LogP contribution >= 0.6 is 0 Å². The summed E-state index contributed by atoms with van der Waals surface area (Å²) in [7, 11) is 0. The lowest BCUT2D eigenvalue weighted by Gasteiger charge is -2.21. The van der Waals surface area contributed by atoms with Crippen LogP contribution in [0.4, 0.5) is 26.3 Å². The van der Waals surface area contributed by atoms with Crippen molar-refractivity contribution in [2.24, 2.45) is 5.73 Å². The van der Waals surface area contributed by atoms with E-state index in [9.17, 15) is 26.3 Å². The molecular weight excluding hydrogens is 236 g/mol. The molecule has 5 atom stereocenters. The molecule has 2 N–H and O–H groups in total. The average molecular weight is 251 g/mol. The van der Waals surface area contributed by atoms with Crippen LogP contribution in [-0.2, 0) is 0 Å². The first-order chi connectivity index (χ1) is 7.45. The molecule has 0 heterocycles. The van der Waals surface area contributed by atoms with E-state index in [-0.39, 0.29) is 6.42 Å². The molecule has 0 aromatic carbocycles. The van der Waals surface area contributed by atoms with Crippen LogP contribution in [0.25, 0.3) is 0 Å². The van der Waals surface area contributed by atoms with Crippen molar-refractivity contribution >= 4 is 0 Å². The van der Waals surface area contributed by atoms with E-state index in [0.717, 1.165) is 0 Å². The lowest BCUT2D eigenvalue weighted by atomic mass is 10.0. The predicted molar refractivity (Wildman–Crippen MR) is 48.7 cm³/mol. The molecule has 0 aromatic rings. The fraction of sp³-hybridized carbons (Fsp3) is 1.00. The third-order valence-corrected chi connectivity index (χ3v) is 2.14. The zero-order valence-electron chi connectivity index (χ0n) is 8.56. The first kappa shape index (κ1) is 15.5. The summed E-state index contributed by atoms with van der Waals surface area (Å²) in [6.07, 6.45) is -14.1. The summed E-state index contributed by atoms with van der Waals surface area (Å²) in [6, 6.07) is 0. The Morgan fingerprint density at radius 3 is 1.75 bits per heavy atom. The Hall–Kier alpha value is -0.460. The molecule has 0 aromatic heterocycles. The summed E-state index contributed by atoms with van der Waals surface area (Å²) in [5, 5.41) is 0. The molecule has 1 nitrogen and oxygen atoms in total. The largest absolute Gasteiger partial charge is 0.328 e. The van der Waals surface area contributed by atoms with E-state index < -0.39 is 50.5 Å². The summed E-state index contributed by atoms with van der Waals surface area (Å²) in [4.78, 5) is 0. The SMILES string of the molecule is NCC(F)C(F)C(F)C(F)C(F)CCCF. The van der Waals surface area contributed by atoms with Crippen molar-refractivity contribution in [3.63, 3.8) is 0 Å². The van der Waals surface area contributed by atoms with Crippen LogP contribution in [0.5, 0.6) is 0 Å². The average Bonchev–Trinajstić information content (AvgIpc) is 2.31. The Bertz CT molecular complexity index is 181. The number of rotatable bonds is 8. The molecule has 0 radical (unpaired) electrons. The van der Waals surface area contributed by atoms with E-state index >= 15 is 0 Å². The molecule has 0 aliphatic rings. The van der Waals surface area contributed by atoms with E-state index in [2.05, 4.69) is 0 Å². The molecule has 0 rings (SSSR count). The number of alkyl halides is 6. The second kappa shape index (κ2) is 7.76. The van der Waals surface area contributed by atoms with Gasteiger partial charge in [-0.2, -0.15) is 0 Å². The lowest BCUT2D eigenvalue weighted by Crippen LogP contribution is -2.42. The Kier molecular flexibility index (Phi) is 7.53. The summed E-state index contributed by atoms with van der Waals surface area (Å²) >= 11 is 0. The smallest absolute Gasteiger partial charge is 0.168 e. The van der Waals surface area contributed by atoms with E-state index in [1.54, 1.807) is 0 Å². The highest BCUT2D eigenvalue weighted by Gasteiger charge is 2.39. The molecular formula is C9H15F6N. The monoisotopic (exact) mass is 251 g/mol. The number of hydrogen-bond acceptors (Lipinski definition) is 1. The lowest BCUT2D eigenvalue weighted by molar-refractivity contribution is 0.000857. The van der Waals surface area contributed by atoms with Crippen molar-refractivity contribution < 1.29 is 26.3 Å². The van der Waals surface area contributed by atoms with Gasteiger partial charge in [-0.25, -0.2) is 22.0 Å². The molecule has 98 valence electrons.